The summed E-state index contributed by atoms with van der Waals surface area (Å²) in [7, 11) is 0. The van der Waals surface area contributed by atoms with Gasteiger partial charge in [0.05, 0.1) is 19.4 Å². The lowest BCUT2D eigenvalue weighted by molar-refractivity contribution is -0.152. The van der Waals surface area contributed by atoms with Crippen LogP contribution in [0.3, 0.4) is 0 Å². The maximum absolute atomic E-state index is 12.1. The maximum Gasteiger partial charge on any atom is 0.326 e. The minimum absolute atomic E-state index is 0.0644. The molecule has 1 atom stereocenters. The van der Waals surface area contributed by atoms with Crippen molar-refractivity contribution in [2.45, 2.75) is 20.0 Å². The summed E-state index contributed by atoms with van der Waals surface area (Å²) in [6.07, 6.45) is 0.262. The number of anilines is 1. The molecule has 1 aromatic carbocycles. The molecule has 1 heterocycles. The first-order valence-corrected chi connectivity index (χ1v) is 9.20. The fourth-order valence-corrected chi connectivity index (χ4v) is 2.23. The largest absolute Gasteiger partial charge is 0.494 e. The minimum Gasteiger partial charge on any atom is -0.494 e. The number of amides is 3. The molecule has 0 unspecified atom stereocenters. The molecule has 30 heavy (non-hydrogen) atoms. The first-order valence-electron chi connectivity index (χ1n) is 9.20. The van der Waals surface area contributed by atoms with Crippen LogP contribution in [-0.4, -0.2) is 49.5 Å². The number of furan rings is 1. The third-order valence-corrected chi connectivity index (χ3v) is 3.69. The van der Waals surface area contributed by atoms with Crippen molar-refractivity contribution in [3.8, 4) is 5.75 Å². The third-order valence-electron chi connectivity index (χ3n) is 3.69. The van der Waals surface area contributed by atoms with Gasteiger partial charge in [0.25, 0.3) is 11.8 Å². The van der Waals surface area contributed by atoms with Crippen LogP contribution in [0.5, 0.6) is 5.75 Å². The lowest BCUT2D eigenvalue weighted by Crippen LogP contribution is -2.40. The molecule has 0 bridgehead atoms. The zero-order chi connectivity index (χ0) is 21.9. The molecule has 0 aliphatic rings. The van der Waals surface area contributed by atoms with E-state index in [1.54, 1.807) is 24.3 Å². The summed E-state index contributed by atoms with van der Waals surface area (Å²) in [5.41, 5.74) is 0.520. The highest BCUT2D eigenvalue weighted by molar-refractivity contribution is 5.96. The third kappa shape index (κ3) is 7.30. The van der Waals surface area contributed by atoms with Gasteiger partial charge in [-0.1, -0.05) is 0 Å². The van der Waals surface area contributed by atoms with Crippen molar-refractivity contribution in [1.82, 2.24) is 10.6 Å². The lowest BCUT2D eigenvalue weighted by atomic mass is 10.3. The summed E-state index contributed by atoms with van der Waals surface area (Å²) in [6.45, 7) is 3.01. The van der Waals surface area contributed by atoms with Crippen LogP contribution in [-0.2, 0) is 19.1 Å². The van der Waals surface area contributed by atoms with Gasteiger partial charge in [-0.25, -0.2) is 0 Å². The molecular formula is C20H23N3O7. The zero-order valence-electron chi connectivity index (χ0n) is 16.6. The van der Waals surface area contributed by atoms with Gasteiger partial charge >= 0.3 is 5.97 Å². The van der Waals surface area contributed by atoms with Crippen LogP contribution >= 0.6 is 0 Å². The SMILES string of the molecule is CCOc1ccc(NC(=O)[C@@H](C)OC(=O)CNC(=O)CNC(=O)c2ccco2)cc1. The molecule has 0 saturated heterocycles. The van der Waals surface area contributed by atoms with E-state index in [9.17, 15) is 19.2 Å². The van der Waals surface area contributed by atoms with Gasteiger partial charge < -0.3 is 29.8 Å². The van der Waals surface area contributed by atoms with E-state index in [1.807, 2.05) is 6.92 Å². The second kappa shape index (κ2) is 11.2. The standard InChI is InChI=1S/C20H23N3O7/c1-3-28-15-8-6-14(7-9-15)23-19(26)13(2)30-18(25)12-21-17(24)11-22-20(27)16-5-4-10-29-16/h4-10,13H,3,11-12H2,1-2H3,(H,21,24)(H,22,27)(H,23,26)/t13-/m1/s1. The Hall–Kier alpha value is -3.82. The molecule has 0 aliphatic carbocycles. The summed E-state index contributed by atoms with van der Waals surface area (Å²) < 4.78 is 15.2. The normalized spacial score (nSPS) is 11.1. The van der Waals surface area contributed by atoms with E-state index >= 15 is 0 Å². The van der Waals surface area contributed by atoms with E-state index in [0.717, 1.165) is 0 Å². The Morgan fingerprint density at radius 2 is 1.77 bits per heavy atom. The number of hydrogen-bond donors (Lipinski definition) is 3. The van der Waals surface area contributed by atoms with Crippen LogP contribution in [0.15, 0.2) is 47.1 Å². The van der Waals surface area contributed by atoms with Gasteiger partial charge in [0.15, 0.2) is 11.9 Å². The van der Waals surface area contributed by atoms with Crippen LogP contribution in [0.1, 0.15) is 24.4 Å². The Balaban J connectivity index is 1.68. The quantitative estimate of drug-likeness (QED) is 0.492. The summed E-state index contributed by atoms with van der Waals surface area (Å²) in [4.78, 5) is 47.3. The number of carbonyl (C=O) groups is 4. The fourth-order valence-electron chi connectivity index (χ4n) is 2.23. The van der Waals surface area contributed by atoms with Crippen molar-refractivity contribution in [1.29, 1.82) is 0 Å². The molecule has 3 amide bonds. The molecule has 2 aromatic rings. The van der Waals surface area contributed by atoms with Gasteiger partial charge in [0.2, 0.25) is 5.91 Å². The van der Waals surface area contributed by atoms with Crippen molar-refractivity contribution >= 4 is 29.4 Å². The van der Waals surface area contributed by atoms with Gasteiger partial charge in [-0.15, -0.1) is 0 Å². The number of carbonyl (C=O) groups excluding carboxylic acids is 4. The molecule has 1 aromatic heterocycles. The topological polar surface area (TPSA) is 136 Å². The Morgan fingerprint density at radius 3 is 2.40 bits per heavy atom. The van der Waals surface area contributed by atoms with Gasteiger partial charge in [0.1, 0.15) is 12.3 Å². The number of benzene rings is 1. The molecule has 0 radical (unpaired) electrons. The van der Waals surface area contributed by atoms with Gasteiger partial charge in [0, 0.05) is 5.69 Å². The first kappa shape index (κ1) is 22.5. The van der Waals surface area contributed by atoms with E-state index in [4.69, 9.17) is 13.9 Å². The van der Waals surface area contributed by atoms with Crippen LogP contribution in [0.4, 0.5) is 5.69 Å². The van der Waals surface area contributed by atoms with E-state index in [0.29, 0.717) is 18.0 Å². The second-order valence-corrected chi connectivity index (χ2v) is 6.02. The number of esters is 1. The summed E-state index contributed by atoms with van der Waals surface area (Å²) in [5.74, 6) is -1.74. The molecule has 0 spiro atoms. The number of hydrogen-bond acceptors (Lipinski definition) is 7. The Kier molecular flexibility index (Phi) is 8.42. The lowest BCUT2D eigenvalue weighted by Gasteiger charge is -2.14. The first-order chi connectivity index (χ1) is 14.4. The van der Waals surface area contributed by atoms with E-state index < -0.39 is 36.3 Å². The fraction of sp³-hybridized carbons (Fsp3) is 0.300. The van der Waals surface area contributed by atoms with Crippen LogP contribution in [0.2, 0.25) is 0 Å². The van der Waals surface area contributed by atoms with Gasteiger partial charge in [-0.05, 0) is 50.2 Å². The van der Waals surface area contributed by atoms with Crippen molar-refractivity contribution in [3.05, 3.63) is 48.4 Å². The van der Waals surface area contributed by atoms with Gasteiger partial charge in [-0.2, -0.15) is 0 Å². The zero-order valence-corrected chi connectivity index (χ0v) is 16.6. The average molecular weight is 417 g/mol. The molecular weight excluding hydrogens is 394 g/mol. The van der Waals surface area contributed by atoms with E-state index in [1.165, 1.54) is 25.3 Å². The van der Waals surface area contributed by atoms with Crippen LogP contribution in [0.25, 0.3) is 0 Å². The molecule has 0 fully saturated rings. The van der Waals surface area contributed by atoms with Crippen molar-refractivity contribution in [2.75, 3.05) is 25.0 Å². The van der Waals surface area contributed by atoms with Gasteiger partial charge in [-0.3, -0.25) is 19.2 Å². The summed E-state index contributed by atoms with van der Waals surface area (Å²) in [5, 5.41) is 7.24. The maximum atomic E-state index is 12.1. The molecule has 3 N–H and O–H groups in total. The number of rotatable bonds is 10. The van der Waals surface area contributed by atoms with Crippen molar-refractivity contribution in [3.63, 3.8) is 0 Å². The summed E-state index contributed by atoms with van der Waals surface area (Å²) >= 11 is 0. The minimum atomic E-state index is -1.07. The predicted molar refractivity (Wildman–Crippen MR) is 106 cm³/mol. The highest BCUT2D eigenvalue weighted by atomic mass is 16.5. The molecule has 2 rings (SSSR count). The highest BCUT2D eigenvalue weighted by Crippen LogP contribution is 2.16. The number of ether oxygens (including phenoxy) is 2. The van der Waals surface area contributed by atoms with Crippen molar-refractivity contribution < 1.29 is 33.1 Å². The van der Waals surface area contributed by atoms with Crippen LogP contribution in [0, 0.1) is 0 Å². The monoisotopic (exact) mass is 417 g/mol. The molecule has 10 heteroatoms. The smallest absolute Gasteiger partial charge is 0.326 e. The molecule has 10 nitrogen and oxygen atoms in total. The molecule has 0 aliphatic heterocycles. The predicted octanol–water partition coefficient (Wildman–Crippen LogP) is 1.09. The Labute approximate surface area is 172 Å². The Bertz CT molecular complexity index is 863. The van der Waals surface area contributed by atoms with Crippen molar-refractivity contribution in [2.24, 2.45) is 0 Å². The van der Waals surface area contributed by atoms with E-state index in [2.05, 4.69) is 16.0 Å². The summed E-state index contributed by atoms with van der Waals surface area (Å²) in [6, 6.07) is 9.72. The highest BCUT2D eigenvalue weighted by Gasteiger charge is 2.18. The number of nitrogens with one attached hydrogen (secondary N) is 3. The second-order valence-electron chi connectivity index (χ2n) is 6.02. The average Bonchev–Trinajstić information content (AvgIpc) is 3.27. The van der Waals surface area contributed by atoms with E-state index in [-0.39, 0.29) is 12.3 Å². The molecule has 160 valence electrons. The Morgan fingerprint density at radius 1 is 1.03 bits per heavy atom. The molecule has 0 saturated carbocycles. The van der Waals surface area contributed by atoms with Crippen LogP contribution < -0.4 is 20.7 Å².